The Bertz CT molecular complexity index is 920. The molecular weight excluding hydrogens is 311 g/mol. The van der Waals surface area contributed by atoms with E-state index < -0.39 is 5.82 Å². The van der Waals surface area contributed by atoms with Gasteiger partial charge in [-0.15, -0.1) is 0 Å². The van der Waals surface area contributed by atoms with Gasteiger partial charge in [-0.1, -0.05) is 12.1 Å². The summed E-state index contributed by atoms with van der Waals surface area (Å²) >= 11 is 0. The quantitative estimate of drug-likeness (QED) is 0.694. The van der Waals surface area contributed by atoms with Crippen LogP contribution in [0.15, 0.2) is 48.7 Å². The summed E-state index contributed by atoms with van der Waals surface area (Å²) in [6, 6.07) is 11.6. The van der Waals surface area contributed by atoms with Gasteiger partial charge in [0.15, 0.2) is 17.8 Å². The number of ether oxygens (including phenoxy) is 2. The Balaban J connectivity index is 1.81. The number of rotatable bonds is 3. The van der Waals surface area contributed by atoms with Gasteiger partial charge in [0.25, 0.3) is 0 Å². The molecule has 24 heavy (non-hydrogen) atoms. The first-order chi connectivity index (χ1) is 11.8. The van der Waals surface area contributed by atoms with Crippen molar-refractivity contribution in [2.24, 2.45) is 0 Å². The summed E-state index contributed by atoms with van der Waals surface area (Å²) in [7, 11) is 0. The smallest absolute Gasteiger partial charge is 0.162 e. The van der Waals surface area contributed by atoms with Crippen molar-refractivity contribution in [2.75, 3.05) is 13.2 Å². The number of carbonyl (C=O) groups is 1. The molecule has 0 bridgehead atoms. The lowest BCUT2D eigenvalue weighted by atomic mass is 10.1. The number of aromatic nitrogens is 2. The fraction of sp³-hybridized carbons (Fsp3) is 0.111. The zero-order valence-corrected chi connectivity index (χ0v) is 12.6. The van der Waals surface area contributed by atoms with Gasteiger partial charge in [-0.05, 0) is 30.3 Å². The zero-order valence-electron chi connectivity index (χ0n) is 12.6. The maximum absolute atomic E-state index is 14.0. The predicted octanol–water partition coefficient (Wildman–Crippen LogP) is 3.26. The minimum Gasteiger partial charge on any atom is -0.486 e. The molecule has 0 radical (unpaired) electrons. The van der Waals surface area contributed by atoms with E-state index in [0.29, 0.717) is 47.8 Å². The SMILES string of the molecule is O=Cc1cn(-c2ccccc2F)nc1-c1ccc2c(c1)OCCO2. The number of benzene rings is 2. The Morgan fingerprint density at radius 2 is 1.88 bits per heavy atom. The minimum absolute atomic E-state index is 0.282. The molecule has 4 rings (SSSR count). The molecule has 0 atom stereocenters. The lowest BCUT2D eigenvalue weighted by molar-refractivity contribution is 0.112. The average Bonchev–Trinajstić information content (AvgIpc) is 3.06. The molecule has 6 heteroatoms. The first-order valence-electron chi connectivity index (χ1n) is 7.46. The highest BCUT2D eigenvalue weighted by Crippen LogP contribution is 2.35. The van der Waals surface area contributed by atoms with Crippen LogP contribution < -0.4 is 9.47 Å². The molecule has 3 aromatic rings. The Labute approximate surface area is 137 Å². The van der Waals surface area contributed by atoms with Crippen LogP contribution in [-0.2, 0) is 0 Å². The Morgan fingerprint density at radius 1 is 1.08 bits per heavy atom. The molecule has 0 saturated heterocycles. The second kappa shape index (κ2) is 5.81. The van der Waals surface area contributed by atoms with Crippen LogP contribution in [0.2, 0.25) is 0 Å². The van der Waals surface area contributed by atoms with Gasteiger partial charge in [0.05, 0.1) is 5.56 Å². The van der Waals surface area contributed by atoms with E-state index >= 15 is 0 Å². The third-order valence-corrected chi connectivity index (χ3v) is 3.78. The number of nitrogens with zero attached hydrogens (tertiary/aromatic N) is 2. The van der Waals surface area contributed by atoms with E-state index in [1.54, 1.807) is 36.4 Å². The van der Waals surface area contributed by atoms with Crippen molar-refractivity contribution in [3.05, 3.63) is 60.0 Å². The second-order valence-corrected chi connectivity index (χ2v) is 5.31. The summed E-state index contributed by atoms with van der Waals surface area (Å²) in [6.45, 7) is 0.981. The molecule has 120 valence electrons. The largest absolute Gasteiger partial charge is 0.486 e. The van der Waals surface area contributed by atoms with Gasteiger partial charge >= 0.3 is 0 Å². The van der Waals surface area contributed by atoms with Gasteiger partial charge in [0.1, 0.15) is 30.4 Å². The van der Waals surface area contributed by atoms with Crippen LogP contribution in [0.1, 0.15) is 10.4 Å². The third kappa shape index (κ3) is 2.42. The van der Waals surface area contributed by atoms with Crippen LogP contribution in [-0.4, -0.2) is 29.3 Å². The van der Waals surface area contributed by atoms with E-state index in [0.717, 1.165) is 0 Å². The number of halogens is 1. The topological polar surface area (TPSA) is 53.4 Å². The first kappa shape index (κ1) is 14.4. The molecule has 0 fully saturated rings. The maximum Gasteiger partial charge on any atom is 0.162 e. The molecule has 5 nitrogen and oxygen atoms in total. The van der Waals surface area contributed by atoms with Crippen LogP contribution in [0.25, 0.3) is 16.9 Å². The van der Waals surface area contributed by atoms with Crippen LogP contribution in [0.5, 0.6) is 11.5 Å². The molecule has 2 aromatic carbocycles. The summed E-state index contributed by atoms with van der Waals surface area (Å²) in [4.78, 5) is 11.4. The van der Waals surface area contributed by atoms with Crippen molar-refractivity contribution in [2.45, 2.75) is 0 Å². The van der Waals surface area contributed by atoms with Crippen LogP contribution >= 0.6 is 0 Å². The van der Waals surface area contributed by atoms with Gasteiger partial charge in [-0.2, -0.15) is 5.10 Å². The van der Waals surface area contributed by atoms with E-state index in [1.165, 1.54) is 16.9 Å². The highest BCUT2D eigenvalue weighted by Gasteiger charge is 2.17. The Hall–Kier alpha value is -3.15. The van der Waals surface area contributed by atoms with Gasteiger partial charge in [0, 0.05) is 11.8 Å². The van der Waals surface area contributed by atoms with E-state index in [1.807, 2.05) is 0 Å². The van der Waals surface area contributed by atoms with Crippen molar-refractivity contribution < 1.29 is 18.7 Å². The van der Waals surface area contributed by atoms with E-state index in [4.69, 9.17) is 9.47 Å². The Kier molecular flexibility index (Phi) is 3.49. The van der Waals surface area contributed by atoms with Gasteiger partial charge in [-0.25, -0.2) is 9.07 Å². The molecule has 0 N–H and O–H groups in total. The van der Waals surface area contributed by atoms with Gasteiger partial charge in [0.2, 0.25) is 0 Å². The van der Waals surface area contributed by atoms with Gasteiger partial charge in [-0.3, -0.25) is 4.79 Å². The molecule has 1 aliphatic rings. The third-order valence-electron chi connectivity index (χ3n) is 3.78. The van der Waals surface area contributed by atoms with Crippen molar-refractivity contribution >= 4 is 6.29 Å². The monoisotopic (exact) mass is 324 g/mol. The van der Waals surface area contributed by atoms with Crippen molar-refractivity contribution in [1.82, 2.24) is 9.78 Å². The highest BCUT2D eigenvalue weighted by molar-refractivity contribution is 5.86. The highest BCUT2D eigenvalue weighted by atomic mass is 19.1. The number of carbonyl (C=O) groups excluding carboxylic acids is 1. The van der Waals surface area contributed by atoms with Crippen molar-refractivity contribution in [1.29, 1.82) is 0 Å². The molecule has 0 amide bonds. The predicted molar refractivity (Wildman–Crippen MR) is 85.3 cm³/mol. The maximum atomic E-state index is 14.0. The lowest BCUT2D eigenvalue weighted by Gasteiger charge is -2.18. The molecule has 2 heterocycles. The van der Waals surface area contributed by atoms with Crippen molar-refractivity contribution in [3.63, 3.8) is 0 Å². The molecule has 0 spiro atoms. The van der Waals surface area contributed by atoms with E-state index in [-0.39, 0.29) is 5.69 Å². The summed E-state index contributed by atoms with van der Waals surface area (Å²) in [5.74, 6) is 0.855. The summed E-state index contributed by atoms with van der Waals surface area (Å²) in [5, 5.41) is 4.38. The standard InChI is InChI=1S/C18H13FN2O3/c19-14-3-1-2-4-15(14)21-10-13(11-22)18(20-21)12-5-6-16-17(9-12)24-8-7-23-16/h1-6,9-11H,7-8H2. The molecule has 0 saturated carbocycles. The van der Waals surface area contributed by atoms with Crippen molar-refractivity contribution in [3.8, 4) is 28.4 Å². The molecule has 1 aliphatic heterocycles. The normalized spacial score (nSPS) is 12.9. The molecule has 0 aliphatic carbocycles. The number of hydrogen-bond acceptors (Lipinski definition) is 4. The molecule has 0 unspecified atom stereocenters. The molecular formula is C18H13FN2O3. The number of para-hydroxylation sites is 1. The number of fused-ring (bicyclic) bond motifs is 1. The Morgan fingerprint density at radius 3 is 2.67 bits per heavy atom. The number of aldehydes is 1. The summed E-state index contributed by atoms with van der Waals surface area (Å²) in [6.07, 6.45) is 2.22. The average molecular weight is 324 g/mol. The van der Waals surface area contributed by atoms with Crippen LogP contribution in [0.4, 0.5) is 4.39 Å². The molecule has 1 aromatic heterocycles. The van der Waals surface area contributed by atoms with Gasteiger partial charge < -0.3 is 9.47 Å². The van der Waals surface area contributed by atoms with E-state index in [2.05, 4.69) is 5.10 Å². The first-order valence-corrected chi connectivity index (χ1v) is 7.46. The summed E-state index contributed by atoms with van der Waals surface area (Å²) < 4.78 is 26.4. The van der Waals surface area contributed by atoms with Crippen LogP contribution in [0, 0.1) is 5.82 Å². The minimum atomic E-state index is -0.411. The van der Waals surface area contributed by atoms with Crippen LogP contribution in [0.3, 0.4) is 0 Å². The lowest BCUT2D eigenvalue weighted by Crippen LogP contribution is -2.15. The number of hydrogen-bond donors (Lipinski definition) is 0. The fourth-order valence-electron chi connectivity index (χ4n) is 2.65. The zero-order chi connectivity index (χ0) is 16.5. The fourth-order valence-corrected chi connectivity index (χ4v) is 2.65. The van der Waals surface area contributed by atoms with E-state index in [9.17, 15) is 9.18 Å². The summed E-state index contributed by atoms with van der Waals surface area (Å²) in [5.41, 5.74) is 1.82. The second-order valence-electron chi connectivity index (χ2n) is 5.31.